The van der Waals surface area contributed by atoms with Gasteiger partial charge >= 0.3 is 6.09 Å². The van der Waals surface area contributed by atoms with Gasteiger partial charge in [0.2, 0.25) is 0 Å². The van der Waals surface area contributed by atoms with Crippen molar-refractivity contribution in [2.45, 2.75) is 89.6 Å². The quantitative estimate of drug-likeness (QED) is 0.514. The summed E-state index contributed by atoms with van der Waals surface area (Å²) in [6, 6.07) is 9.84. The van der Waals surface area contributed by atoms with Crippen LogP contribution >= 0.6 is 0 Å². The van der Waals surface area contributed by atoms with Gasteiger partial charge in [-0.3, -0.25) is 4.90 Å². The molecule has 28 heavy (non-hydrogen) atoms. The highest BCUT2D eigenvalue weighted by Gasteiger charge is 2.63. The average molecular weight is 406 g/mol. The van der Waals surface area contributed by atoms with Gasteiger partial charge in [-0.1, -0.05) is 51.1 Å². The van der Waals surface area contributed by atoms with Crippen molar-refractivity contribution in [3.63, 3.8) is 0 Å². The zero-order chi connectivity index (χ0) is 20.9. The lowest BCUT2D eigenvalue weighted by molar-refractivity contribution is -0.00879. The van der Waals surface area contributed by atoms with Gasteiger partial charge in [-0.15, -0.1) is 0 Å². The lowest BCUT2D eigenvalue weighted by atomic mass is 10.0. The van der Waals surface area contributed by atoms with Crippen LogP contribution in [-0.4, -0.2) is 49.8 Å². The van der Waals surface area contributed by atoms with E-state index in [9.17, 15) is 4.79 Å². The molecule has 3 rings (SSSR count). The molecular weight excluding hydrogens is 370 g/mol. The van der Waals surface area contributed by atoms with Crippen LogP contribution in [0, 0.1) is 0 Å². The molecule has 0 bridgehead atoms. The Labute approximate surface area is 170 Å². The number of carbonyl (C=O) groups excluding carboxylic acids is 1. The summed E-state index contributed by atoms with van der Waals surface area (Å²) in [5, 5.41) is 0.116. The van der Waals surface area contributed by atoms with Crippen LogP contribution in [0.25, 0.3) is 0 Å². The van der Waals surface area contributed by atoms with Crippen molar-refractivity contribution in [3.05, 3.63) is 35.9 Å². The maximum Gasteiger partial charge on any atom is 0.411 e. The van der Waals surface area contributed by atoms with E-state index in [1.165, 1.54) is 0 Å². The van der Waals surface area contributed by atoms with Crippen LogP contribution in [-0.2, 0) is 13.9 Å². The normalized spacial score (nSPS) is 27.5. The van der Waals surface area contributed by atoms with E-state index < -0.39 is 13.9 Å². The van der Waals surface area contributed by atoms with E-state index in [-0.39, 0.29) is 35.4 Å². The predicted molar refractivity (Wildman–Crippen MR) is 113 cm³/mol. The number of hydrogen-bond acceptors (Lipinski definition) is 4. The van der Waals surface area contributed by atoms with E-state index in [0.717, 1.165) is 5.56 Å². The van der Waals surface area contributed by atoms with Gasteiger partial charge in [-0.05, 0) is 44.5 Å². The maximum atomic E-state index is 13.1. The molecule has 0 aromatic heterocycles. The van der Waals surface area contributed by atoms with Crippen molar-refractivity contribution in [2.24, 2.45) is 0 Å². The molecule has 2 saturated heterocycles. The number of likely N-dealkylation sites (tertiary alicyclic amines) is 1. The van der Waals surface area contributed by atoms with Crippen molar-refractivity contribution >= 4 is 14.4 Å². The minimum Gasteiger partial charge on any atom is -0.444 e. The number of amides is 1. The molecule has 6 heteroatoms. The molecule has 4 atom stereocenters. The zero-order valence-electron chi connectivity index (χ0n) is 18.5. The van der Waals surface area contributed by atoms with Crippen LogP contribution in [0.2, 0.25) is 18.1 Å². The molecule has 0 aliphatic carbocycles. The predicted octanol–water partition coefficient (Wildman–Crippen LogP) is 5.14. The molecule has 0 saturated carbocycles. The first kappa shape index (κ1) is 21.3. The number of ether oxygens (including phenoxy) is 2. The summed E-state index contributed by atoms with van der Waals surface area (Å²) in [6.07, 6.45) is -0.258. The molecule has 156 valence electrons. The fourth-order valence-corrected chi connectivity index (χ4v) is 4.49. The molecule has 0 N–H and O–H groups in total. The Kier molecular flexibility index (Phi) is 5.45. The number of morpholine rings is 1. The largest absolute Gasteiger partial charge is 0.444 e. The first-order chi connectivity index (χ1) is 12.8. The Morgan fingerprint density at radius 2 is 1.68 bits per heavy atom. The fourth-order valence-electron chi connectivity index (χ4n) is 3.47. The van der Waals surface area contributed by atoms with Gasteiger partial charge in [-0.25, -0.2) is 4.79 Å². The van der Waals surface area contributed by atoms with E-state index in [1.807, 2.05) is 43.9 Å². The SMILES string of the molecule is CC(C)(C)OC(=O)N1[C@H](CO[Si](C)(C)C(C)(C)C)[C@H]2O[C@H]2[C@@H]1c1ccccc1. The molecular formula is C22H35NO4Si. The van der Waals surface area contributed by atoms with Gasteiger partial charge < -0.3 is 13.9 Å². The zero-order valence-corrected chi connectivity index (χ0v) is 19.5. The van der Waals surface area contributed by atoms with Gasteiger partial charge in [0.1, 0.15) is 17.8 Å². The minimum atomic E-state index is -1.93. The van der Waals surface area contributed by atoms with Crippen molar-refractivity contribution < 1.29 is 18.7 Å². The van der Waals surface area contributed by atoms with Crippen LogP contribution in [0.3, 0.4) is 0 Å². The number of epoxide rings is 1. The number of nitrogens with zero attached hydrogens (tertiary/aromatic N) is 1. The van der Waals surface area contributed by atoms with Gasteiger partial charge in [0.25, 0.3) is 0 Å². The topological polar surface area (TPSA) is 51.3 Å². The molecule has 0 radical (unpaired) electrons. The van der Waals surface area contributed by atoms with Crippen LogP contribution < -0.4 is 0 Å². The Hall–Kier alpha value is -1.37. The molecule has 2 aliphatic rings. The second-order valence-corrected chi connectivity index (χ2v) is 15.3. The van der Waals surface area contributed by atoms with Crippen molar-refractivity contribution in [3.8, 4) is 0 Å². The molecule has 2 aliphatic heterocycles. The number of carbonyl (C=O) groups is 1. The molecule has 2 heterocycles. The van der Waals surface area contributed by atoms with Crippen molar-refractivity contribution in [1.29, 1.82) is 0 Å². The van der Waals surface area contributed by atoms with E-state index in [0.29, 0.717) is 6.61 Å². The van der Waals surface area contributed by atoms with Crippen LogP contribution in [0.15, 0.2) is 30.3 Å². The van der Waals surface area contributed by atoms with Gasteiger partial charge in [-0.2, -0.15) is 0 Å². The summed E-state index contributed by atoms with van der Waals surface area (Å²) >= 11 is 0. The van der Waals surface area contributed by atoms with Crippen LogP contribution in [0.4, 0.5) is 4.79 Å². The molecule has 0 spiro atoms. The third-order valence-corrected chi connectivity index (χ3v) is 10.6. The van der Waals surface area contributed by atoms with Crippen LogP contribution in [0.5, 0.6) is 0 Å². The number of benzene rings is 1. The Morgan fingerprint density at radius 1 is 1.07 bits per heavy atom. The Morgan fingerprint density at radius 3 is 2.21 bits per heavy atom. The van der Waals surface area contributed by atoms with Crippen molar-refractivity contribution in [2.75, 3.05) is 6.61 Å². The first-order valence-corrected chi connectivity index (χ1v) is 13.1. The third-order valence-electron chi connectivity index (χ3n) is 6.08. The summed E-state index contributed by atoms with van der Waals surface area (Å²) in [4.78, 5) is 15.0. The summed E-state index contributed by atoms with van der Waals surface area (Å²) in [6.45, 7) is 17.3. The summed E-state index contributed by atoms with van der Waals surface area (Å²) in [7, 11) is -1.93. The lowest BCUT2D eigenvalue weighted by Gasteiger charge is -2.39. The second-order valence-electron chi connectivity index (χ2n) is 10.4. The van der Waals surface area contributed by atoms with E-state index in [2.05, 4.69) is 46.0 Å². The molecule has 1 aromatic carbocycles. The Bertz CT molecular complexity index is 707. The third kappa shape index (κ3) is 4.29. The highest BCUT2D eigenvalue weighted by molar-refractivity contribution is 6.74. The van der Waals surface area contributed by atoms with Crippen molar-refractivity contribution in [1.82, 2.24) is 4.90 Å². The standard InChI is InChI=1S/C22H35NO4Si/c1-21(2,3)27-20(24)23-16(14-25-28(7,8)22(4,5)6)18-19(26-18)17(23)15-12-10-9-11-13-15/h9-13,16-19H,14H2,1-8H3/t16-,17+,18-,19+/m1/s1. The Balaban J connectivity index is 1.85. The molecule has 0 unspecified atom stereocenters. The molecule has 1 amide bonds. The lowest BCUT2D eigenvalue weighted by Crippen LogP contribution is -2.49. The van der Waals surface area contributed by atoms with Gasteiger partial charge in [0, 0.05) is 0 Å². The monoisotopic (exact) mass is 405 g/mol. The van der Waals surface area contributed by atoms with Gasteiger partial charge in [0.15, 0.2) is 8.32 Å². The van der Waals surface area contributed by atoms with Crippen LogP contribution in [0.1, 0.15) is 53.1 Å². The minimum absolute atomic E-state index is 0.0162. The number of rotatable bonds is 4. The summed E-state index contributed by atoms with van der Waals surface area (Å²) in [5.74, 6) is 0. The smallest absolute Gasteiger partial charge is 0.411 e. The van der Waals surface area contributed by atoms with Gasteiger partial charge in [0.05, 0.1) is 18.7 Å². The second kappa shape index (κ2) is 7.15. The summed E-state index contributed by atoms with van der Waals surface area (Å²) in [5.41, 5.74) is 0.534. The van der Waals surface area contributed by atoms with E-state index in [1.54, 1.807) is 0 Å². The maximum absolute atomic E-state index is 13.1. The highest BCUT2D eigenvalue weighted by Crippen LogP contribution is 2.50. The van der Waals surface area contributed by atoms with E-state index in [4.69, 9.17) is 13.9 Å². The number of fused-ring (bicyclic) bond motifs is 1. The first-order valence-electron chi connectivity index (χ1n) is 10.2. The summed E-state index contributed by atoms with van der Waals surface area (Å²) < 4.78 is 18.2. The fraction of sp³-hybridized carbons (Fsp3) is 0.682. The highest BCUT2D eigenvalue weighted by atomic mass is 28.4. The molecule has 5 nitrogen and oxygen atoms in total. The molecule has 2 fully saturated rings. The number of hydrogen-bond donors (Lipinski definition) is 0. The van der Waals surface area contributed by atoms with E-state index >= 15 is 0 Å². The average Bonchev–Trinajstić information content (AvgIpc) is 3.26. The molecule has 1 aromatic rings.